The summed E-state index contributed by atoms with van der Waals surface area (Å²) in [5.41, 5.74) is 1.74. The second-order valence-electron chi connectivity index (χ2n) is 4.94. The van der Waals surface area contributed by atoms with Crippen molar-refractivity contribution in [1.29, 1.82) is 0 Å². The van der Waals surface area contributed by atoms with Gasteiger partial charge in [-0.05, 0) is 48.9 Å². The van der Waals surface area contributed by atoms with Crippen LogP contribution in [0.25, 0.3) is 0 Å². The molecule has 17 heavy (non-hydrogen) atoms. The van der Waals surface area contributed by atoms with Crippen molar-refractivity contribution in [3.05, 3.63) is 35.1 Å². The van der Waals surface area contributed by atoms with Gasteiger partial charge in [-0.3, -0.25) is 4.79 Å². The lowest BCUT2D eigenvalue weighted by Gasteiger charge is -2.16. The maximum absolute atomic E-state index is 12.9. The van der Waals surface area contributed by atoms with Gasteiger partial charge >= 0.3 is 5.97 Å². The van der Waals surface area contributed by atoms with E-state index in [0.717, 1.165) is 11.1 Å². The van der Waals surface area contributed by atoms with E-state index < -0.39 is 5.97 Å². The zero-order valence-electron chi connectivity index (χ0n) is 10.5. The monoisotopic (exact) mass is 238 g/mol. The molecule has 2 nitrogen and oxygen atoms in total. The van der Waals surface area contributed by atoms with Crippen LogP contribution in [0, 0.1) is 24.6 Å². The number of hydrogen-bond donors (Lipinski definition) is 1. The van der Waals surface area contributed by atoms with Gasteiger partial charge in [-0.15, -0.1) is 0 Å². The molecule has 0 saturated heterocycles. The van der Waals surface area contributed by atoms with E-state index in [-0.39, 0.29) is 11.7 Å². The molecule has 1 unspecified atom stereocenters. The predicted molar refractivity (Wildman–Crippen MR) is 65.4 cm³/mol. The summed E-state index contributed by atoms with van der Waals surface area (Å²) < 4.78 is 12.9. The van der Waals surface area contributed by atoms with Crippen molar-refractivity contribution in [2.45, 2.75) is 33.6 Å². The molecular weight excluding hydrogens is 219 g/mol. The Hall–Kier alpha value is -1.38. The molecule has 0 radical (unpaired) electrons. The highest BCUT2D eigenvalue weighted by atomic mass is 19.1. The Bertz CT molecular complexity index is 399. The Labute approximate surface area is 101 Å². The molecule has 0 heterocycles. The standard InChI is InChI=1S/C14H19FO2/c1-9(2)6-12(14(16)17)8-11-4-5-13(15)7-10(11)3/h4-5,7,9,12H,6,8H2,1-3H3,(H,16,17). The molecule has 94 valence electrons. The summed E-state index contributed by atoms with van der Waals surface area (Å²) in [5.74, 6) is -1.10. The average Bonchev–Trinajstić information content (AvgIpc) is 2.19. The van der Waals surface area contributed by atoms with E-state index >= 15 is 0 Å². The van der Waals surface area contributed by atoms with Crippen molar-refractivity contribution in [3.8, 4) is 0 Å². The Kier molecular flexibility index (Phi) is 4.67. The normalized spacial score (nSPS) is 12.8. The SMILES string of the molecule is Cc1cc(F)ccc1CC(CC(C)C)C(=O)O. The highest BCUT2D eigenvalue weighted by Crippen LogP contribution is 2.20. The van der Waals surface area contributed by atoms with Gasteiger partial charge in [0.15, 0.2) is 0 Å². The van der Waals surface area contributed by atoms with E-state index in [9.17, 15) is 9.18 Å². The van der Waals surface area contributed by atoms with E-state index in [2.05, 4.69) is 0 Å². The molecule has 1 N–H and O–H groups in total. The van der Waals surface area contributed by atoms with Crippen molar-refractivity contribution in [3.63, 3.8) is 0 Å². The third-order valence-electron chi connectivity index (χ3n) is 2.88. The molecule has 0 aliphatic rings. The molecule has 1 aromatic carbocycles. The molecule has 1 atom stereocenters. The molecule has 0 spiro atoms. The third-order valence-corrected chi connectivity index (χ3v) is 2.88. The van der Waals surface area contributed by atoms with Crippen LogP contribution in [0.15, 0.2) is 18.2 Å². The highest BCUT2D eigenvalue weighted by Gasteiger charge is 2.20. The van der Waals surface area contributed by atoms with Gasteiger partial charge in [0, 0.05) is 0 Å². The lowest BCUT2D eigenvalue weighted by atomic mass is 9.89. The molecule has 0 amide bonds. The highest BCUT2D eigenvalue weighted by molar-refractivity contribution is 5.70. The molecule has 3 heteroatoms. The first kappa shape index (κ1) is 13.7. The van der Waals surface area contributed by atoms with Gasteiger partial charge in [0.2, 0.25) is 0 Å². The van der Waals surface area contributed by atoms with Crippen molar-refractivity contribution in [2.75, 3.05) is 0 Å². The summed E-state index contributed by atoms with van der Waals surface area (Å²) in [6.07, 6.45) is 1.12. The van der Waals surface area contributed by atoms with Gasteiger partial charge in [0.25, 0.3) is 0 Å². The van der Waals surface area contributed by atoms with Crippen molar-refractivity contribution >= 4 is 5.97 Å². The van der Waals surface area contributed by atoms with Crippen LogP contribution in [0.3, 0.4) is 0 Å². The second-order valence-corrected chi connectivity index (χ2v) is 4.94. The van der Waals surface area contributed by atoms with Gasteiger partial charge in [0.1, 0.15) is 5.82 Å². The molecule has 0 bridgehead atoms. The summed E-state index contributed by atoms with van der Waals surface area (Å²) in [6.45, 7) is 5.83. The van der Waals surface area contributed by atoms with Crippen molar-refractivity contribution in [2.24, 2.45) is 11.8 Å². The van der Waals surface area contributed by atoms with Crippen LogP contribution in [-0.2, 0) is 11.2 Å². The summed E-state index contributed by atoms with van der Waals surface area (Å²) in [4.78, 5) is 11.1. The Morgan fingerprint density at radius 3 is 2.53 bits per heavy atom. The number of aryl methyl sites for hydroxylation is 1. The molecular formula is C14H19FO2. The number of carbonyl (C=O) groups is 1. The number of carboxylic acids is 1. The van der Waals surface area contributed by atoms with E-state index in [1.165, 1.54) is 12.1 Å². The van der Waals surface area contributed by atoms with Gasteiger partial charge < -0.3 is 5.11 Å². The van der Waals surface area contributed by atoms with E-state index in [1.807, 2.05) is 20.8 Å². The largest absolute Gasteiger partial charge is 0.481 e. The number of hydrogen-bond acceptors (Lipinski definition) is 1. The molecule has 0 fully saturated rings. The summed E-state index contributed by atoms with van der Waals surface area (Å²) >= 11 is 0. The van der Waals surface area contributed by atoms with E-state index in [4.69, 9.17) is 5.11 Å². The van der Waals surface area contributed by atoms with Crippen LogP contribution in [0.5, 0.6) is 0 Å². The first-order chi connectivity index (χ1) is 7.90. The molecule has 0 aromatic heterocycles. The maximum atomic E-state index is 12.9. The quantitative estimate of drug-likeness (QED) is 0.853. The van der Waals surface area contributed by atoms with Crippen LogP contribution in [0.4, 0.5) is 4.39 Å². The van der Waals surface area contributed by atoms with Gasteiger partial charge in [-0.25, -0.2) is 4.39 Å². The van der Waals surface area contributed by atoms with Crippen LogP contribution in [0.2, 0.25) is 0 Å². The van der Waals surface area contributed by atoms with E-state index in [0.29, 0.717) is 18.8 Å². The summed E-state index contributed by atoms with van der Waals surface area (Å²) in [6, 6.07) is 4.52. The molecule has 0 aliphatic carbocycles. The van der Waals surface area contributed by atoms with Crippen LogP contribution in [0.1, 0.15) is 31.4 Å². The lowest BCUT2D eigenvalue weighted by molar-refractivity contribution is -0.142. The Morgan fingerprint density at radius 1 is 1.41 bits per heavy atom. The predicted octanol–water partition coefficient (Wildman–Crippen LogP) is 3.42. The first-order valence-corrected chi connectivity index (χ1v) is 5.88. The minimum atomic E-state index is -0.776. The smallest absolute Gasteiger partial charge is 0.306 e. The second kappa shape index (κ2) is 5.80. The van der Waals surface area contributed by atoms with Crippen molar-refractivity contribution in [1.82, 2.24) is 0 Å². The number of rotatable bonds is 5. The van der Waals surface area contributed by atoms with Crippen LogP contribution in [-0.4, -0.2) is 11.1 Å². The summed E-state index contributed by atoms with van der Waals surface area (Å²) in [7, 11) is 0. The average molecular weight is 238 g/mol. The number of aliphatic carboxylic acids is 1. The Balaban J connectivity index is 2.82. The molecule has 0 saturated carbocycles. The van der Waals surface area contributed by atoms with Gasteiger partial charge in [0.05, 0.1) is 5.92 Å². The molecule has 0 aliphatic heterocycles. The summed E-state index contributed by atoms with van der Waals surface area (Å²) in [5, 5.41) is 9.15. The van der Waals surface area contributed by atoms with Crippen molar-refractivity contribution < 1.29 is 14.3 Å². The third kappa shape index (κ3) is 4.17. The zero-order valence-corrected chi connectivity index (χ0v) is 10.5. The molecule has 1 aromatic rings. The minimum Gasteiger partial charge on any atom is -0.481 e. The topological polar surface area (TPSA) is 37.3 Å². The number of halogens is 1. The molecule has 1 rings (SSSR count). The van der Waals surface area contributed by atoms with Gasteiger partial charge in [-0.1, -0.05) is 19.9 Å². The minimum absolute atomic E-state index is 0.276. The lowest BCUT2D eigenvalue weighted by Crippen LogP contribution is -2.19. The fraction of sp³-hybridized carbons (Fsp3) is 0.500. The first-order valence-electron chi connectivity index (χ1n) is 5.88. The number of carboxylic acid groups (broad SMARTS) is 1. The van der Waals surface area contributed by atoms with E-state index in [1.54, 1.807) is 6.07 Å². The zero-order chi connectivity index (χ0) is 13.0. The van der Waals surface area contributed by atoms with Crippen LogP contribution >= 0.6 is 0 Å². The van der Waals surface area contributed by atoms with Gasteiger partial charge in [-0.2, -0.15) is 0 Å². The fourth-order valence-electron chi connectivity index (χ4n) is 1.99. The maximum Gasteiger partial charge on any atom is 0.306 e. The Morgan fingerprint density at radius 2 is 2.06 bits per heavy atom. The van der Waals surface area contributed by atoms with Crippen LogP contribution < -0.4 is 0 Å². The fourth-order valence-corrected chi connectivity index (χ4v) is 1.99. The number of benzene rings is 1.